The third-order valence-corrected chi connectivity index (χ3v) is 6.90. The molecule has 156 valence electrons. The molecular weight excluding hydrogens is 346 g/mol. The van der Waals surface area contributed by atoms with Crippen LogP contribution >= 0.6 is 0 Å². The molecule has 2 atom stereocenters. The average Bonchev–Trinajstić information content (AvgIpc) is 2.75. The predicted molar refractivity (Wildman–Crippen MR) is 116 cm³/mol. The van der Waals surface area contributed by atoms with Crippen LogP contribution in [0.1, 0.15) is 44.1 Å². The summed E-state index contributed by atoms with van der Waals surface area (Å²) >= 11 is 0. The van der Waals surface area contributed by atoms with E-state index in [9.17, 15) is 0 Å². The van der Waals surface area contributed by atoms with Gasteiger partial charge in [-0.3, -0.25) is 9.80 Å². The number of hydrogen-bond acceptors (Lipinski definition) is 4. The largest absolute Gasteiger partial charge is 0.381 e. The van der Waals surface area contributed by atoms with E-state index in [-0.39, 0.29) is 0 Å². The van der Waals surface area contributed by atoms with Crippen molar-refractivity contribution in [2.75, 3.05) is 59.0 Å². The SMILES string of the molecule is c1ccc(CN2CCN3C[C@@H](COCCCN4CCCCC4)CC[C@H]3C2)cc1. The number of piperidine rings is 2. The van der Waals surface area contributed by atoms with Crippen molar-refractivity contribution in [2.45, 2.75) is 51.1 Å². The Labute approximate surface area is 171 Å². The number of piperazine rings is 1. The Morgan fingerprint density at radius 2 is 1.71 bits per heavy atom. The molecule has 0 aliphatic carbocycles. The Balaban J connectivity index is 1.10. The average molecular weight is 386 g/mol. The van der Waals surface area contributed by atoms with E-state index >= 15 is 0 Å². The van der Waals surface area contributed by atoms with Crippen LogP contribution in [0.3, 0.4) is 0 Å². The van der Waals surface area contributed by atoms with Crippen LogP contribution in [0.2, 0.25) is 0 Å². The molecule has 0 unspecified atom stereocenters. The molecule has 1 aromatic rings. The zero-order chi connectivity index (χ0) is 19.0. The third-order valence-electron chi connectivity index (χ3n) is 6.90. The molecule has 0 N–H and O–H groups in total. The zero-order valence-electron chi connectivity index (χ0n) is 17.6. The lowest BCUT2D eigenvalue weighted by atomic mass is 9.91. The highest BCUT2D eigenvalue weighted by Gasteiger charge is 2.32. The first-order chi connectivity index (χ1) is 13.9. The minimum Gasteiger partial charge on any atom is -0.381 e. The summed E-state index contributed by atoms with van der Waals surface area (Å²) in [5.74, 6) is 0.743. The minimum atomic E-state index is 0.743. The van der Waals surface area contributed by atoms with Crippen molar-refractivity contribution in [2.24, 2.45) is 5.92 Å². The summed E-state index contributed by atoms with van der Waals surface area (Å²) in [6, 6.07) is 11.7. The molecule has 3 aliphatic rings. The molecule has 28 heavy (non-hydrogen) atoms. The molecule has 0 bridgehead atoms. The van der Waals surface area contributed by atoms with E-state index < -0.39 is 0 Å². The second-order valence-corrected chi connectivity index (χ2v) is 9.14. The van der Waals surface area contributed by atoms with E-state index in [2.05, 4.69) is 45.0 Å². The van der Waals surface area contributed by atoms with Crippen LogP contribution in [0, 0.1) is 5.92 Å². The van der Waals surface area contributed by atoms with Gasteiger partial charge in [0.15, 0.2) is 0 Å². The monoisotopic (exact) mass is 385 g/mol. The lowest BCUT2D eigenvalue weighted by Crippen LogP contribution is -2.56. The normalized spacial score (nSPS) is 27.6. The van der Waals surface area contributed by atoms with Crippen molar-refractivity contribution < 1.29 is 4.74 Å². The van der Waals surface area contributed by atoms with E-state index in [1.165, 1.54) is 89.9 Å². The van der Waals surface area contributed by atoms with Crippen molar-refractivity contribution in [3.63, 3.8) is 0 Å². The van der Waals surface area contributed by atoms with E-state index in [1.54, 1.807) is 0 Å². The van der Waals surface area contributed by atoms with Crippen molar-refractivity contribution in [3.05, 3.63) is 35.9 Å². The standard InChI is InChI=1S/C24H39N3O/c1-3-8-22(9-4-1)18-26-15-16-27-19-23(10-11-24(27)20-26)21-28-17-7-14-25-12-5-2-6-13-25/h1,3-4,8-9,23-24H,2,5-7,10-21H2/t23-,24-/m0/s1. The van der Waals surface area contributed by atoms with Crippen LogP contribution < -0.4 is 0 Å². The van der Waals surface area contributed by atoms with Crippen LogP contribution in [0.25, 0.3) is 0 Å². The molecule has 0 saturated carbocycles. The van der Waals surface area contributed by atoms with Gasteiger partial charge >= 0.3 is 0 Å². The van der Waals surface area contributed by atoms with Crippen LogP contribution in [0.4, 0.5) is 0 Å². The second-order valence-electron chi connectivity index (χ2n) is 9.14. The van der Waals surface area contributed by atoms with Gasteiger partial charge in [0.05, 0.1) is 6.61 Å². The van der Waals surface area contributed by atoms with Gasteiger partial charge in [-0.25, -0.2) is 0 Å². The molecule has 4 heteroatoms. The Bertz CT molecular complexity index is 560. The molecule has 0 radical (unpaired) electrons. The van der Waals surface area contributed by atoms with Gasteiger partial charge in [0.2, 0.25) is 0 Å². The second kappa shape index (κ2) is 10.7. The van der Waals surface area contributed by atoms with E-state index in [0.29, 0.717) is 0 Å². The van der Waals surface area contributed by atoms with Gasteiger partial charge in [-0.2, -0.15) is 0 Å². The number of nitrogens with zero attached hydrogens (tertiary/aromatic N) is 3. The zero-order valence-corrected chi connectivity index (χ0v) is 17.6. The van der Waals surface area contributed by atoms with Crippen molar-refractivity contribution >= 4 is 0 Å². The first kappa shape index (κ1) is 20.3. The van der Waals surface area contributed by atoms with E-state index in [0.717, 1.165) is 31.7 Å². The number of rotatable bonds is 8. The summed E-state index contributed by atoms with van der Waals surface area (Å²) in [4.78, 5) is 8.01. The van der Waals surface area contributed by atoms with Gasteiger partial charge in [-0.1, -0.05) is 36.8 Å². The highest BCUT2D eigenvalue weighted by molar-refractivity contribution is 5.14. The topological polar surface area (TPSA) is 19.0 Å². The van der Waals surface area contributed by atoms with Gasteiger partial charge < -0.3 is 9.64 Å². The summed E-state index contributed by atoms with van der Waals surface area (Å²) in [7, 11) is 0. The summed E-state index contributed by atoms with van der Waals surface area (Å²) in [5, 5.41) is 0. The summed E-state index contributed by atoms with van der Waals surface area (Å²) in [6.07, 6.45) is 8.09. The molecule has 4 rings (SSSR count). The number of hydrogen-bond donors (Lipinski definition) is 0. The molecule has 3 aliphatic heterocycles. The summed E-state index contributed by atoms with van der Waals surface area (Å²) < 4.78 is 6.08. The molecule has 0 aromatic heterocycles. The van der Waals surface area contributed by atoms with Crippen molar-refractivity contribution in [1.29, 1.82) is 0 Å². The number of benzene rings is 1. The Morgan fingerprint density at radius 3 is 2.57 bits per heavy atom. The molecule has 3 heterocycles. The molecule has 1 aromatic carbocycles. The molecule has 3 saturated heterocycles. The van der Waals surface area contributed by atoms with E-state index in [1.807, 2.05) is 0 Å². The van der Waals surface area contributed by atoms with Gasteiger partial charge in [-0.05, 0) is 56.7 Å². The lowest BCUT2D eigenvalue weighted by molar-refractivity contribution is -0.00316. The van der Waals surface area contributed by atoms with Crippen LogP contribution in [0.5, 0.6) is 0 Å². The number of likely N-dealkylation sites (tertiary alicyclic amines) is 1. The first-order valence-electron chi connectivity index (χ1n) is 11.7. The van der Waals surface area contributed by atoms with Crippen molar-refractivity contribution in [1.82, 2.24) is 14.7 Å². The molecule has 4 nitrogen and oxygen atoms in total. The highest BCUT2D eigenvalue weighted by Crippen LogP contribution is 2.26. The van der Waals surface area contributed by atoms with Gasteiger partial charge in [0, 0.05) is 51.9 Å². The Kier molecular flexibility index (Phi) is 7.79. The highest BCUT2D eigenvalue weighted by atomic mass is 16.5. The predicted octanol–water partition coefficient (Wildman–Crippen LogP) is 3.48. The minimum absolute atomic E-state index is 0.743. The van der Waals surface area contributed by atoms with Crippen LogP contribution in [-0.4, -0.2) is 79.8 Å². The maximum atomic E-state index is 6.08. The first-order valence-corrected chi connectivity index (χ1v) is 11.7. The Hall–Kier alpha value is -0.940. The summed E-state index contributed by atoms with van der Waals surface area (Å²) in [6.45, 7) is 11.8. The third kappa shape index (κ3) is 6.03. The number of ether oxygens (including phenoxy) is 1. The fourth-order valence-corrected chi connectivity index (χ4v) is 5.27. The smallest absolute Gasteiger partial charge is 0.0506 e. The maximum absolute atomic E-state index is 6.08. The van der Waals surface area contributed by atoms with Gasteiger partial charge in [0.1, 0.15) is 0 Å². The quantitative estimate of drug-likeness (QED) is 0.638. The summed E-state index contributed by atoms with van der Waals surface area (Å²) in [5.41, 5.74) is 1.45. The lowest BCUT2D eigenvalue weighted by Gasteiger charge is -2.46. The maximum Gasteiger partial charge on any atom is 0.0506 e. The fraction of sp³-hybridized carbons (Fsp3) is 0.750. The number of fused-ring (bicyclic) bond motifs is 1. The molecule has 3 fully saturated rings. The van der Waals surface area contributed by atoms with Crippen LogP contribution in [-0.2, 0) is 11.3 Å². The van der Waals surface area contributed by atoms with Gasteiger partial charge in [-0.15, -0.1) is 0 Å². The molecule has 0 spiro atoms. The van der Waals surface area contributed by atoms with E-state index in [4.69, 9.17) is 4.74 Å². The molecule has 0 amide bonds. The fourth-order valence-electron chi connectivity index (χ4n) is 5.27. The van der Waals surface area contributed by atoms with Gasteiger partial charge in [0.25, 0.3) is 0 Å². The Morgan fingerprint density at radius 1 is 0.857 bits per heavy atom. The van der Waals surface area contributed by atoms with Crippen molar-refractivity contribution in [3.8, 4) is 0 Å². The molecular formula is C24H39N3O. The van der Waals surface area contributed by atoms with Crippen LogP contribution in [0.15, 0.2) is 30.3 Å².